The predicted octanol–water partition coefficient (Wildman–Crippen LogP) is 2.95. The minimum absolute atomic E-state index is 0.891. The molecular formula is C11H8BrN3. The molecule has 2 heterocycles. The zero-order valence-electron chi connectivity index (χ0n) is 8.11. The van der Waals surface area contributed by atoms with Crippen LogP contribution in [-0.4, -0.2) is 14.6 Å². The van der Waals surface area contributed by atoms with Crippen molar-refractivity contribution in [1.82, 2.24) is 14.6 Å². The molecule has 15 heavy (non-hydrogen) atoms. The average molecular weight is 262 g/mol. The number of fused-ring (bicyclic) bond motifs is 3. The van der Waals surface area contributed by atoms with Gasteiger partial charge in [0.15, 0.2) is 5.65 Å². The van der Waals surface area contributed by atoms with E-state index in [1.807, 2.05) is 19.1 Å². The maximum Gasteiger partial charge on any atom is 0.161 e. The second-order valence-corrected chi connectivity index (χ2v) is 4.39. The number of nitrogens with zero attached hydrogens (tertiary/aromatic N) is 3. The Balaban J connectivity index is 2.58. The van der Waals surface area contributed by atoms with Gasteiger partial charge < -0.3 is 0 Å². The van der Waals surface area contributed by atoms with E-state index in [0.717, 1.165) is 21.5 Å². The SMILES string of the molecule is Cc1nnc2ccc3cc(Br)ccc3n12. The number of aryl methyl sites for hydroxylation is 1. The predicted molar refractivity (Wildman–Crippen MR) is 62.9 cm³/mol. The summed E-state index contributed by atoms with van der Waals surface area (Å²) in [5.74, 6) is 0.915. The lowest BCUT2D eigenvalue weighted by atomic mass is 10.2. The highest BCUT2D eigenvalue weighted by atomic mass is 79.9. The lowest BCUT2D eigenvalue weighted by Crippen LogP contribution is -1.90. The normalized spacial score (nSPS) is 11.3. The highest BCUT2D eigenvalue weighted by molar-refractivity contribution is 9.10. The van der Waals surface area contributed by atoms with Crippen LogP contribution in [0.2, 0.25) is 0 Å². The van der Waals surface area contributed by atoms with Crippen LogP contribution in [0.15, 0.2) is 34.8 Å². The van der Waals surface area contributed by atoms with Crippen LogP contribution in [0.5, 0.6) is 0 Å². The quantitative estimate of drug-likeness (QED) is 0.623. The average Bonchev–Trinajstić information content (AvgIpc) is 2.60. The molecule has 1 aromatic carbocycles. The van der Waals surface area contributed by atoms with E-state index in [-0.39, 0.29) is 0 Å². The Hall–Kier alpha value is -1.42. The standard InChI is InChI=1S/C11H8BrN3/c1-7-13-14-11-5-2-8-6-9(12)3-4-10(8)15(7)11/h2-6H,1H3. The maximum atomic E-state index is 4.09. The van der Waals surface area contributed by atoms with Gasteiger partial charge in [-0.25, -0.2) is 0 Å². The summed E-state index contributed by atoms with van der Waals surface area (Å²) in [5, 5.41) is 9.34. The van der Waals surface area contributed by atoms with Crippen molar-refractivity contribution < 1.29 is 0 Å². The van der Waals surface area contributed by atoms with Crippen molar-refractivity contribution in [2.24, 2.45) is 0 Å². The Morgan fingerprint density at radius 3 is 2.87 bits per heavy atom. The third-order valence-corrected chi connectivity index (χ3v) is 2.99. The van der Waals surface area contributed by atoms with E-state index in [0.29, 0.717) is 0 Å². The lowest BCUT2D eigenvalue weighted by Gasteiger charge is -2.02. The topological polar surface area (TPSA) is 30.2 Å². The molecule has 2 aromatic heterocycles. The van der Waals surface area contributed by atoms with Crippen LogP contribution in [0.3, 0.4) is 0 Å². The summed E-state index contributed by atoms with van der Waals surface area (Å²) in [6.45, 7) is 1.96. The van der Waals surface area contributed by atoms with E-state index in [1.54, 1.807) is 0 Å². The first-order chi connectivity index (χ1) is 7.25. The smallest absolute Gasteiger partial charge is 0.161 e. The molecule has 0 N–H and O–H groups in total. The lowest BCUT2D eigenvalue weighted by molar-refractivity contribution is 1.02. The van der Waals surface area contributed by atoms with Crippen molar-refractivity contribution in [3.63, 3.8) is 0 Å². The van der Waals surface area contributed by atoms with Crippen LogP contribution in [0, 0.1) is 6.92 Å². The van der Waals surface area contributed by atoms with Gasteiger partial charge in [-0.3, -0.25) is 4.40 Å². The molecule has 3 nitrogen and oxygen atoms in total. The van der Waals surface area contributed by atoms with Gasteiger partial charge in [0.2, 0.25) is 0 Å². The van der Waals surface area contributed by atoms with E-state index in [2.05, 4.69) is 48.7 Å². The van der Waals surface area contributed by atoms with Gasteiger partial charge in [-0.1, -0.05) is 15.9 Å². The third kappa shape index (κ3) is 1.25. The summed E-state index contributed by atoms with van der Waals surface area (Å²) in [5.41, 5.74) is 2.03. The van der Waals surface area contributed by atoms with E-state index >= 15 is 0 Å². The van der Waals surface area contributed by atoms with E-state index in [4.69, 9.17) is 0 Å². The Morgan fingerprint density at radius 1 is 1.13 bits per heavy atom. The molecule has 0 amide bonds. The molecule has 0 atom stereocenters. The Kier molecular flexibility index (Phi) is 1.79. The molecule has 3 rings (SSSR count). The van der Waals surface area contributed by atoms with Gasteiger partial charge in [0, 0.05) is 4.47 Å². The summed E-state index contributed by atoms with van der Waals surface area (Å²) in [6.07, 6.45) is 0. The fraction of sp³-hybridized carbons (Fsp3) is 0.0909. The van der Waals surface area contributed by atoms with E-state index in [9.17, 15) is 0 Å². The number of benzene rings is 1. The molecule has 0 aliphatic rings. The summed E-state index contributed by atoms with van der Waals surface area (Å²) < 4.78 is 3.14. The molecule has 0 aliphatic carbocycles. The fourth-order valence-corrected chi connectivity index (χ4v) is 2.19. The molecular weight excluding hydrogens is 254 g/mol. The number of halogens is 1. The molecule has 0 aliphatic heterocycles. The van der Waals surface area contributed by atoms with Crippen LogP contribution in [0.1, 0.15) is 5.82 Å². The van der Waals surface area contributed by atoms with Gasteiger partial charge in [-0.15, -0.1) is 10.2 Å². The van der Waals surface area contributed by atoms with Crippen LogP contribution >= 0.6 is 15.9 Å². The summed E-state index contributed by atoms with van der Waals surface area (Å²) in [4.78, 5) is 0. The number of hydrogen-bond acceptors (Lipinski definition) is 2. The zero-order valence-corrected chi connectivity index (χ0v) is 9.69. The number of pyridine rings is 1. The van der Waals surface area contributed by atoms with Gasteiger partial charge in [-0.2, -0.15) is 0 Å². The second kappa shape index (κ2) is 3.03. The van der Waals surface area contributed by atoms with E-state index in [1.165, 1.54) is 5.39 Å². The number of hydrogen-bond donors (Lipinski definition) is 0. The molecule has 0 saturated carbocycles. The van der Waals surface area contributed by atoms with Crippen LogP contribution in [0.4, 0.5) is 0 Å². The first-order valence-corrected chi connectivity index (χ1v) is 5.45. The highest BCUT2D eigenvalue weighted by Crippen LogP contribution is 2.21. The van der Waals surface area contributed by atoms with Crippen molar-refractivity contribution in [2.75, 3.05) is 0 Å². The molecule has 4 heteroatoms. The van der Waals surface area contributed by atoms with Gasteiger partial charge >= 0.3 is 0 Å². The molecule has 0 bridgehead atoms. The van der Waals surface area contributed by atoms with Crippen molar-refractivity contribution in [3.05, 3.63) is 40.6 Å². The molecule has 0 spiro atoms. The number of rotatable bonds is 0. The maximum absolute atomic E-state index is 4.09. The Morgan fingerprint density at radius 2 is 2.00 bits per heavy atom. The first kappa shape index (κ1) is 8.85. The Labute approximate surface area is 94.9 Å². The van der Waals surface area contributed by atoms with Crippen LogP contribution in [0.25, 0.3) is 16.6 Å². The molecule has 0 saturated heterocycles. The fourth-order valence-electron chi connectivity index (χ4n) is 1.81. The van der Waals surface area contributed by atoms with Crippen LogP contribution < -0.4 is 0 Å². The summed E-state index contributed by atoms with van der Waals surface area (Å²) in [6, 6.07) is 10.2. The monoisotopic (exact) mass is 261 g/mol. The Bertz CT molecular complexity index is 657. The molecule has 0 unspecified atom stereocenters. The van der Waals surface area contributed by atoms with Gasteiger partial charge in [0.25, 0.3) is 0 Å². The van der Waals surface area contributed by atoms with Crippen molar-refractivity contribution in [2.45, 2.75) is 6.92 Å². The van der Waals surface area contributed by atoms with Crippen molar-refractivity contribution in [3.8, 4) is 0 Å². The van der Waals surface area contributed by atoms with Crippen molar-refractivity contribution >= 4 is 32.5 Å². The molecule has 0 radical (unpaired) electrons. The highest BCUT2D eigenvalue weighted by Gasteiger charge is 2.04. The minimum Gasteiger partial charge on any atom is -0.279 e. The minimum atomic E-state index is 0.891. The zero-order chi connectivity index (χ0) is 10.4. The molecule has 0 fully saturated rings. The van der Waals surface area contributed by atoms with Gasteiger partial charge in [0.1, 0.15) is 5.82 Å². The summed E-state index contributed by atoms with van der Waals surface area (Å²) in [7, 11) is 0. The van der Waals surface area contributed by atoms with Gasteiger partial charge in [0.05, 0.1) is 5.52 Å². The van der Waals surface area contributed by atoms with E-state index < -0.39 is 0 Å². The van der Waals surface area contributed by atoms with Gasteiger partial charge in [-0.05, 0) is 42.6 Å². The number of aromatic nitrogens is 3. The molecule has 74 valence electrons. The van der Waals surface area contributed by atoms with Crippen molar-refractivity contribution in [1.29, 1.82) is 0 Å². The second-order valence-electron chi connectivity index (χ2n) is 3.48. The third-order valence-electron chi connectivity index (χ3n) is 2.49. The van der Waals surface area contributed by atoms with Crippen LogP contribution in [-0.2, 0) is 0 Å². The largest absolute Gasteiger partial charge is 0.279 e. The summed E-state index contributed by atoms with van der Waals surface area (Å²) >= 11 is 3.47. The molecule has 3 aromatic rings. The first-order valence-electron chi connectivity index (χ1n) is 4.66.